The van der Waals surface area contributed by atoms with Gasteiger partial charge in [0.05, 0.1) is 23.7 Å². The van der Waals surface area contributed by atoms with Crippen molar-refractivity contribution in [3.63, 3.8) is 0 Å². The molecule has 1 aromatic heterocycles. The lowest BCUT2D eigenvalue weighted by molar-refractivity contribution is -0.133. The molecule has 1 unspecified atom stereocenters. The Kier molecular flexibility index (Phi) is 6.93. The van der Waals surface area contributed by atoms with Crippen LogP contribution >= 0.6 is 0 Å². The lowest BCUT2D eigenvalue weighted by Crippen LogP contribution is -2.40. The molecular formula is C28H31FN4O2. The summed E-state index contributed by atoms with van der Waals surface area (Å²) in [5.41, 5.74) is 2.74. The number of hydrogen-bond acceptors (Lipinski definition) is 5. The van der Waals surface area contributed by atoms with Gasteiger partial charge in [-0.1, -0.05) is 43.3 Å². The highest BCUT2D eigenvalue weighted by molar-refractivity contribution is 5.84. The van der Waals surface area contributed by atoms with Crippen molar-refractivity contribution in [3.05, 3.63) is 77.2 Å². The van der Waals surface area contributed by atoms with Crippen molar-refractivity contribution < 1.29 is 13.9 Å². The summed E-state index contributed by atoms with van der Waals surface area (Å²) in [6.45, 7) is 4.85. The Hall–Kier alpha value is -3.48. The summed E-state index contributed by atoms with van der Waals surface area (Å²) < 4.78 is 20.0. The van der Waals surface area contributed by atoms with Crippen LogP contribution in [-0.2, 0) is 17.8 Å². The van der Waals surface area contributed by atoms with Crippen LogP contribution in [0.15, 0.2) is 54.6 Å². The van der Waals surface area contributed by atoms with E-state index in [1.165, 1.54) is 18.6 Å². The van der Waals surface area contributed by atoms with Crippen LogP contribution in [0, 0.1) is 5.82 Å². The molecule has 0 N–H and O–H groups in total. The number of rotatable bonds is 6. The summed E-state index contributed by atoms with van der Waals surface area (Å²) in [4.78, 5) is 27.3. The fourth-order valence-corrected chi connectivity index (χ4v) is 4.98. The molecule has 0 saturated carbocycles. The normalized spacial score (nSPS) is 16.5. The van der Waals surface area contributed by atoms with Crippen LogP contribution in [0.25, 0.3) is 0 Å². The summed E-state index contributed by atoms with van der Waals surface area (Å²) in [5, 5.41) is 0. The molecule has 0 bridgehead atoms. The van der Waals surface area contributed by atoms with E-state index in [1.807, 2.05) is 42.2 Å². The number of carbonyl (C=O) groups is 1. The Balaban J connectivity index is 1.46. The molecule has 1 amide bonds. The van der Waals surface area contributed by atoms with Crippen molar-refractivity contribution in [1.82, 2.24) is 14.9 Å². The molecule has 1 atom stereocenters. The summed E-state index contributed by atoms with van der Waals surface area (Å²) in [5.74, 6) is 0.985. The molecule has 1 fully saturated rings. The molecule has 7 heteroatoms. The quantitative estimate of drug-likeness (QED) is 0.474. The standard InChI is InChI=1S/C28H31FN4O2/c1-2-23(20-10-5-3-6-11-20)27(34)33-17-14-25-24(19-33)26(35-22-13-9-12-21(29)18-22)31-28(30-25)32-15-7-4-8-16-32/h3,5-6,9-13,18,23H,2,4,7-8,14-17,19H2,1H3. The number of piperidine rings is 1. The van der Waals surface area contributed by atoms with E-state index in [4.69, 9.17) is 14.7 Å². The summed E-state index contributed by atoms with van der Waals surface area (Å²) in [6, 6.07) is 16.0. The van der Waals surface area contributed by atoms with Crippen molar-refractivity contribution in [3.8, 4) is 11.6 Å². The average Bonchev–Trinajstić information content (AvgIpc) is 2.90. The number of nitrogens with zero attached hydrogens (tertiary/aromatic N) is 4. The van der Waals surface area contributed by atoms with Crippen molar-refractivity contribution in [2.75, 3.05) is 24.5 Å². The van der Waals surface area contributed by atoms with Crippen LogP contribution in [0.4, 0.5) is 10.3 Å². The molecule has 3 aromatic rings. The second-order valence-electron chi connectivity index (χ2n) is 9.24. The highest BCUT2D eigenvalue weighted by Gasteiger charge is 2.31. The van der Waals surface area contributed by atoms with E-state index < -0.39 is 0 Å². The smallest absolute Gasteiger partial charge is 0.230 e. The summed E-state index contributed by atoms with van der Waals surface area (Å²) >= 11 is 0. The van der Waals surface area contributed by atoms with Gasteiger partial charge in [0.2, 0.25) is 17.7 Å². The Labute approximate surface area is 205 Å². The highest BCUT2D eigenvalue weighted by Crippen LogP contribution is 2.34. The second kappa shape index (κ2) is 10.4. The molecule has 0 spiro atoms. The minimum absolute atomic E-state index is 0.0983. The zero-order chi connectivity index (χ0) is 24.2. The number of benzene rings is 2. The second-order valence-corrected chi connectivity index (χ2v) is 9.24. The number of ether oxygens (including phenoxy) is 1. The van der Waals surface area contributed by atoms with Crippen molar-refractivity contribution in [2.24, 2.45) is 0 Å². The SMILES string of the molecule is CCC(C(=O)N1CCc2nc(N3CCCCC3)nc(Oc3cccc(F)c3)c2C1)c1ccccc1. The molecule has 182 valence electrons. The first-order chi connectivity index (χ1) is 17.1. The molecule has 3 heterocycles. The summed E-state index contributed by atoms with van der Waals surface area (Å²) in [7, 11) is 0. The van der Waals surface area contributed by atoms with Gasteiger partial charge in [0.25, 0.3) is 0 Å². The molecule has 0 aliphatic carbocycles. The van der Waals surface area contributed by atoms with E-state index in [0.717, 1.165) is 49.2 Å². The Morgan fingerprint density at radius 1 is 1.03 bits per heavy atom. The first-order valence-electron chi connectivity index (χ1n) is 12.5. The van der Waals surface area contributed by atoms with Gasteiger partial charge < -0.3 is 14.5 Å². The number of fused-ring (bicyclic) bond motifs is 1. The topological polar surface area (TPSA) is 58.6 Å². The van der Waals surface area contributed by atoms with Gasteiger partial charge in [0.15, 0.2) is 0 Å². The fraction of sp³-hybridized carbons (Fsp3) is 0.393. The predicted molar refractivity (Wildman–Crippen MR) is 133 cm³/mol. The van der Waals surface area contributed by atoms with Crippen LogP contribution in [0.2, 0.25) is 0 Å². The van der Waals surface area contributed by atoms with Gasteiger partial charge in [0.1, 0.15) is 11.6 Å². The maximum atomic E-state index is 13.9. The van der Waals surface area contributed by atoms with Crippen molar-refractivity contribution >= 4 is 11.9 Å². The minimum Gasteiger partial charge on any atom is -0.438 e. The zero-order valence-corrected chi connectivity index (χ0v) is 20.1. The molecule has 2 aliphatic heterocycles. The van der Waals surface area contributed by atoms with E-state index in [2.05, 4.69) is 4.90 Å². The Bertz CT molecular complexity index is 1180. The van der Waals surface area contributed by atoms with Crippen LogP contribution in [0.1, 0.15) is 55.3 Å². The molecule has 2 aliphatic rings. The Morgan fingerprint density at radius 3 is 2.57 bits per heavy atom. The van der Waals surface area contributed by atoms with Gasteiger partial charge in [-0.05, 0) is 43.4 Å². The number of amides is 1. The van der Waals surface area contributed by atoms with E-state index in [9.17, 15) is 9.18 Å². The lowest BCUT2D eigenvalue weighted by atomic mass is 9.94. The van der Waals surface area contributed by atoms with Crippen LogP contribution in [0.3, 0.4) is 0 Å². The minimum atomic E-state index is -0.368. The highest BCUT2D eigenvalue weighted by atomic mass is 19.1. The Morgan fingerprint density at radius 2 is 1.83 bits per heavy atom. The number of hydrogen-bond donors (Lipinski definition) is 0. The van der Waals surface area contributed by atoms with E-state index in [1.54, 1.807) is 12.1 Å². The van der Waals surface area contributed by atoms with E-state index in [0.29, 0.717) is 37.1 Å². The largest absolute Gasteiger partial charge is 0.438 e. The lowest BCUT2D eigenvalue weighted by Gasteiger charge is -2.33. The number of aromatic nitrogens is 2. The van der Waals surface area contributed by atoms with Crippen LogP contribution in [0.5, 0.6) is 11.6 Å². The van der Waals surface area contributed by atoms with Crippen molar-refractivity contribution in [1.29, 1.82) is 0 Å². The third-order valence-electron chi connectivity index (χ3n) is 6.88. The monoisotopic (exact) mass is 474 g/mol. The fourth-order valence-electron chi connectivity index (χ4n) is 4.98. The number of anilines is 1. The molecule has 0 radical (unpaired) electrons. The van der Waals surface area contributed by atoms with E-state index in [-0.39, 0.29) is 17.6 Å². The van der Waals surface area contributed by atoms with Gasteiger partial charge in [-0.15, -0.1) is 0 Å². The van der Waals surface area contributed by atoms with Crippen LogP contribution < -0.4 is 9.64 Å². The maximum Gasteiger partial charge on any atom is 0.230 e. The van der Waals surface area contributed by atoms with Gasteiger partial charge in [-0.3, -0.25) is 4.79 Å². The first kappa shape index (κ1) is 23.3. The predicted octanol–water partition coefficient (Wildman–Crippen LogP) is 5.48. The van der Waals surface area contributed by atoms with Gasteiger partial charge >= 0.3 is 0 Å². The molecule has 1 saturated heterocycles. The van der Waals surface area contributed by atoms with Crippen LogP contribution in [-0.4, -0.2) is 40.4 Å². The van der Waals surface area contributed by atoms with E-state index >= 15 is 0 Å². The first-order valence-corrected chi connectivity index (χ1v) is 12.5. The third-order valence-corrected chi connectivity index (χ3v) is 6.88. The van der Waals surface area contributed by atoms with Gasteiger partial charge in [-0.25, -0.2) is 9.37 Å². The third kappa shape index (κ3) is 5.14. The van der Waals surface area contributed by atoms with Gasteiger partial charge in [-0.2, -0.15) is 4.98 Å². The zero-order valence-electron chi connectivity index (χ0n) is 20.1. The molecule has 5 rings (SSSR count). The molecular weight excluding hydrogens is 443 g/mol. The van der Waals surface area contributed by atoms with Gasteiger partial charge in [0, 0.05) is 32.1 Å². The number of carbonyl (C=O) groups excluding carboxylic acids is 1. The molecule has 35 heavy (non-hydrogen) atoms. The average molecular weight is 475 g/mol. The molecule has 6 nitrogen and oxygen atoms in total. The summed E-state index contributed by atoms with van der Waals surface area (Å²) in [6.07, 6.45) is 4.80. The number of halogens is 1. The van der Waals surface area contributed by atoms with Crippen molar-refractivity contribution in [2.45, 2.75) is 51.5 Å². The maximum absolute atomic E-state index is 13.9. The molecule has 2 aromatic carbocycles.